The second-order valence-electron chi connectivity index (χ2n) is 3.24. The van der Waals surface area contributed by atoms with E-state index in [9.17, 15) is 0 Å². The highest BCUT2D eigenvalue weighted by Gasteiger charge is 2.07. The molecule has 0 fully saturated rings. The molecule has 0 radical (unpaired) electrons. The molecule has 1 atom stereocenters. The number of thioether (sulfide) groups is 1. The minimum Gasteiger partial charge on any atom is -0.370 e. The van der Waals surface area contributed by atoms with E-state index < -0.39 is 0 Å². The number of nitrogens with zero attached hydrogens (tertiary/aromatic N) is 1. The summed E-state index contributed by atoms with van der Waals surface area (Å²) in [5.41, 5.74) is 0.906. The smallest absolute Gasteiger partial charge is 0.115 e. The molecular formula is C11H12BrClN2S. The Bertz CT molecular complexity index is 392. The summed E-state index contributed by atoms with van der Waals surface area (Å²) in [6, 6.07) is 7.65. The number of hydrogen-bond donors (Lipinski definition) is 1. The maximum absolute atomic E-state index is 8.98. The monoisotopic (exact) mass is 318 g/mol. The highest BCUT2D eigenvalue weighted by molar-refractivity contribution is 9.10. The molecule has 0 saturated heterocycles. The SMILES string of the molecule is CSCCC(C#N)Nc1ccc(Cl)c(Br)c1. The predicted octanol–water partition coefficient (Wildman–Crippen LogP) is 4.16. The summed E-state index contributed by atoms with van der Waals surface area (Å²) in [6.45, 7) is 0. The Hall–Kier alpha value is -0.370. The number of rotatable bonds is 5. The highest BCUT2D eigenvalue weighted by Crippen LogP contribution is 2.26. The van der Waals surface area contributed by atoms with E-state index in [0.29, 0.717) is 5.02 Å². The van der Waals surface area contributed by atoms with Gasteiger partial charge in [-0.25, -0.2) is 0 Å². The van der Waals surface area contributed by atoms with E-state index in [1.54, 1.807) is 17.8 Å². The fourth-order valence-electron chi connectivity index (χ4n) is 1.19. The lowest BCUT2D eigenvalue weighted by molar-refractivity contribution is 0.855. The lowest BCUT2D eigenvalue weighted by atomic mass is 10.2. The normalized spacial score (nSPS) is 11.9. The van der Waals surface area contributed by atoms with E-state index in [2.05, 4.69) is 27.3 Å². The van der Waals surface area contributed by atoms with Gasteiger partial charge in [-0.1, -0.05) is 11.6 Å². The van der Waals surface area contributed by atoms with E-state index in [1.807, 2.05) is 18.4 Å². The van der Waals surface area contributed by atoms with Crippen molar-refractivity contribution in [3.63, 3.8) is 0 Å². The second kappa shape index (κ2) is 7.05. The van der Waals surface area contributed by atoms with Gasteiger partial charge in [0.05, 0.1) is 11.1 Å². The lowest BCUT2D eigenvalue weighted by Gasteiger charge is -2.12. The van der Waals surface area contributed by atoms with Gasteiger partial charge in [0.1, 0.15) is 6.04 Å². The van der Waals surface area contributed by atoms with E-state index in [4.69, 9.17) is 16.9 Å². The number of nitrogens with one attached hydrogen (secondary N) is 1. The fourth-order valence-corrected chi connectivity index (χ4v) is 2.16. The van der Waals surface area contributed by atoms with Crippen LogP contribution in [0.2, 0.25) is 5.02 Å². The number of hydrogen-bond acceptors (Lipinski definition) is 3. The first-order valence-electron chi connectivity index (χ1n) is 4.77. The van der Waals surface area contributed by atoms with Crippen LogP contribution in [0.5, 0.6) is 0 Å². The summed E-state index contributed by atoms with van der Waals surface area (Å²) in [6.07, 6.45) is 2.87. The molecule has 0 spiro atoms. The Kier molecular flexibility index (Phi) is 6.04. The standard InChI is InChI=1S/C11H12BrClN2S/c1-16-5-4-9(7-14)15-8-2-3-11(13)10(12)6-8/h2-3,6,9,15H,4-5H2,1H3. The fraction of sp³-hybridized carbons (Fsp3) is 0.364. The van der Waals surface area contributed by atoms with Crippen LogP contribution in [0.1, 0.15) is 6.42 Å². The molecule has 0 amide bonds. The number of halogens is 2. The Morgan fingerprint density at radius 1 is 1.62 bits per heavy atom. The molecule has 0 saturated carbocycles. The Morgan fingerprint density at radius 2 is 2.38 bits per heavy atom. The van der Waals surface area contributed by atoms with Gasteiger partial charge in [-0.2, -0.15) is 17.0 Å². The van der Waals surface area contributed by atoms with Crippen LogP contribution in [0, 0.1) is 11.3 Å². The van der Waals surface area contributed by atoms with Crippen molar-refractivity contribution in [3.05, 3.63) is 27.7 Å². The van der Waals surface area contributed by atoms with Crippen molar-refractivity contribution in [1.29, 1.82) is 5.26 Å². The first-order valence-corrected chi connectivity index (χ1v) is 7.34. The van der Waals surface area contributed by atoms with Crippen molar-refractivity contribution in [1.82, 2.24) is 0 Å². The summed E-state index contributed by atoms with van der Waals surface area (Å²) in [5.74, 6) is 0.972. The zero-order valence-electron chi connectivity index (χ0n) is 8.84. The molecule has 16 heavy (non-hydrogen) atoms. The Morgan fingerprint density at radius 3 is 2.94 bits per heavy atom. The second-order valence-corrected chi connectivity index (χ2v) is 5.48. The van der Waals surface area contributed by atoms with Gasteiger partial charge in [-0.15, -0.1) is 0 Å². The third kappa shape index (κ3) is 4.25. The molecule has 86 valence electrons. The first kappa shape index (κ1) is 13.7. The third-order valence-corrected chi connectivity index (χ3v) is 3.88. The zero-order chi connectivity index (χ0) is 12.0. The molecule has 2 nitrogen and oxygen atoms in total. The maximum Gasteiger partial charge on any atom is 0.115 e. The van der Waals surface area contributed by atoms with Crippen molar-refractivity contribution in [2.75, 3.05) is 17.3 Å². The molecule has 0 aliphatic rings. The van der Waals surface area contributed by atoms with Crippen LogP contribution in [0.3, 0.4) is 0 Å². The van der Waals surface area contributed by atoms with Gasteiger partial charge in [-0.3, -0.25) is 0 Å². The van der Waals surface area contributed by atoms with Gasteiger partial charge in [-0.05, 0) is 52.6 Å². The van der Waals surface area contributed by atoms with Gasteiger partial charge in [0.15, 0.2) is 0 Å². The van der Waals surface area contributed by atoms with E-state index in [1.165, 1.54) is 0 Å². The first-order chi connectivity index (χ1) is 7.67. The zero-order valence-corrected chi connectivity index (χ0v) is 12.0. The highest BCUT2D eigenvalue weighted by atomic mass is 79.9. The van der Waals surface area contributed by atoms with E-state index >= 15 is 0 Å². The van der Waals surface area contributed by atoms with E-state index in [0.717, 1.165) is 22.3 Å². The van der Waals surface area contributed by atoms with E-state index in [-0.39, 0.29) is 6.04 Å². The molecule has 0 aliphatic heterocycles. The predicted molar refractivity (Wildman–Crippen MR) is 75.2 cm³/mol. The summed E-state index contributed by atoms with van der Waals surface area (Å²) in [5, 5.41) is 12.8. The van der Waals surface area contributed by atoms with Crippen molar-refractivity contribution in [2.45, 2.75) is 12.5 Å². The molecule has 5 heteroatoms. The molecule has 1 N–H and O–H groups in total. The average Bonchev–Trinajstić information content (AvgIpc) is 2.29. The largest absolute Gasteiger partial charge is 0.370 e. The lowest BCUT2D eigenvalue weighted by Crippen LogP contribution is -2.17. The third-order valence-electron chi connectivity index (χ3n) is 2.03. The van der Waals surface area contributed by atoms with Gasteiger partial charge in [0, 0.05) is 10.2 Å². The molecular weight excluding hydrogens is 308 g/mol. The molecule has 0 aliphatic carbocycles. The summed E-state index contributed by atoms with van der Waals surface area (Å²) in [4.78, 5) is 0. The van der Waals surface area contributed by atoms with Crippen LogP contribution in [0.25, 0.3) is 0 Å². The molecule has 1 unspecified atom stereocenters. The minimum atomic E-state index is -0.152. The number of anilines is 1. The van der Waals surface area contributed by atoms with Gasteiger partial charge in [0.2, 0.25) is 0 Å². The summed E-state index contributed by atoms with van der Waals surface area (Å²) >= 11 is 11.0. The molecule has 0 heterocycles. The summed E-state index contributed by atoms with van der Waals surface area (Å²) < 4.78 is 0.834. The number of nitriles is 1. The molecule has 1 rings (SSSR count). The van der Waals surface area contributed by atoms with Crippen molar-refractivity contribution in [3.8, 4) is 6.07 Å². The Labute approximate surface area is 113 Å². The topological polar surface area (TPSA) is 35.8 Å². The molecule has 0 bridgehead atoms. The number of benzene rings is 1. The van der Waals surface area contributed by atoms with Gasteiger partial charge in [0.25, 0.3) is 0 Å². The molecule has 0 aromatic heterocycles. The van der Waals surface area contributed by atoms with Crippen molar-refractivity contribution >= 4 is 45.0 Å². The van der Waals surface area contributed by atoms with Crippen LogP contribution < -0.4 is 5.32 Å². The van der Waals surface area contributed by atoms with Gasteiger partial charge < -0.3 is 5.32 Å². The van der Waals surface area contributed by atoms with Crippen LogP contribution in [-0.4, -0.2) is 18.1 Å². The van der Waals surface area contributed by atoms with Crippen LogP contribution >= 0.6 is 39.3 Å². The maximum atomic E-state index is 8.98. The molecule has 1 aromatic rings. The quantitative estimate of drug-likeness (QED) is 0.885. The van der Waals surface area contributed by atoms with Crippen LogP contribution in [-0.2, 0) is 0 Å². The Balaban J connectivity index is 2.64. The molecule has 1 aromatic carbocycles. The average molecular weight is 320 g/mol. The van der Waals surface area contributed by atoms with Crippen LogP contribution in [0.15, 0.2) is 22.7 Å². The van der Waals surface area contributed by atoms with Crippen LogP contribution in [0.4, 0.5) is 5.69 Å². The van der Waals surface area contributed by atoms with Crippen molar-refractivity contribution in [2.24, 2.45) is 0 Å². The van der Waals surface area contributed by atoms with Gasteiger partial charge >= 0.3 is 0 Å². The summed E-state index contributed by atoms with van der Waals surface area (Å²) in [7, 11) is 0. The minimum absolute atomic E-state index is 0.152. The van der Waals surface area contributed by atoms with Crippen molar-refractivity contribution < 1.29 is 0 Å².